The number of amides is 1. The van der Waals surface area contributed by atoms with E-state index < -0.39 is 0 Å². The van der Waals surface area contributed by atoms with E-state index in [0.29, 0.717) is 17.1 Å². The van der Waals surface area contributed by atoms with Crippen LogP contribution in [0.1, 0.15) is 18.9 Å². The van der Waals surface area contributed by atoms with E-state index >= 15 is 0 Å². The number of benzene rings is 1. The highest BCUT2D eigenvalue weighted by Crippen LogP contribution is 2.20. The summed E-state index contributed by atoms with van der Waals surface area (Å²) in [7, 11) is 1.92. The van der Waals surface area contributed by atoms with Crippen LogP contribution in [0.15, 0.2) is 30.3 Å². The van der Waals surface area contributed by atoms with E-state index in [1.165, 1.54) is 6.07 Å². The van der Waals surface area contributed by atoms with E-state index in [4.69, 9.17) is 0 Å². The molecule has 1 aliphatic rings. The lowest BCUT2D eigenvalue weighted by molar-refractivity contribution is -0.125. The number of allylic oxidation sites excluding steroid dienone is 1. The lowest BCUT2D eigenvalue weighted by Gasteiger charge is -2.15. The van der Waals surface area contributed by atoms with Crippen LogP contribution in [0, 0.1) is 11.7 Å². The number of hydrogen-bond acceptors (Lipinski definition) is 2. The molecule has 1 aliphatic heterocycles. The molecule has 0 radical (unpaired) electrons. The van der Waals surface area contributed by atoms with Crippen molar-refractivity contribution >= 4 is 11.5 Å². The summed E-state index contributed by atoms with van der Waals surface area (Å²) in [6.07, 6.45) is 2.57. The summed E-state index contributed by atoms with van der Waals surface area (Å²) >= 11 is 0. The largest absolute Gasteiger partial charge is 0.339 e. The van der Waals surface area contributed by atoms with E-state index in [0.717, 1.165) is 26.1 Å². The molecule has 2 rings (SSSR count). The van der Waals surface area contributed by atoms with Gasteiger partial charge in [-0.1, -0.05) is 18.2 Å². The third kappa shape index (κ3) is 3.45. The first kappa shape index (κ1) is 14.7. The summed E-state index contributed by atoms with van der Waals surface area (Å²) in [6.45, 7) is 4.27. The average Bonchev–Trinajstić information content (AvgIpc) is 2.88. The van der Waals surface area contributed by atoms with Crippen LogP contribution in [0.3, 0.4) is 0 Å². The molecule has 1 atom stereocenters. The number of likely N-dealkylation sites (tertiary alicyclic amines) is 1. The van der Waals surface area contributed by atoms with Crippen LogP contribution in [0.5, 0.6) is 0 Å². The van der Waals surface area contributed by atoms with Crippen LogP contribution in [0.4, 0.5) is 4.39 Å². The smallest absolute Gasteiger partial charge is 0.246 e. The molecule has 20 heavy (non-hydrogen) atoms. The highest BCUT2D eigenvalue weighted by atomic mass is 19.1. The van der Waals surface area contributed by atoms with Gasteiger partial charge in [-0.25, -0.2) is 4.39 Å². The Morgan fingerprint density at radius 1 is 1.50 bits per heavy atom. The molecule has 0 aliphatic carbocycles. The molecular weight excluding hydrogens is 255 g/mol. The Hall–Kier alpha value is -1.68. The maximum atomic E-state index is 13.7. The predicted octanol–water partition coefficient (Wildman–Crippen LogP) is 2.30. The standard InChI is InChI=1S/C16H21FN2O/c1-12(14-5-3-4-6-15(14)17)9-16(20)19-8-7-13(11-19)10-18-2/h3-6,9,13,18H,7-8,10-11H2,1-2H3. The molecule has 0 bridgehead atoms. The molecular formula is C16H21FN2O. The number of halogens is 1. The Labute approximate surface area is 119 Å². The van der Waals surface area contributed by atoms with Gasteiger partial charge >= 0.3 is 0 Å². The van der Waals surface area contributed by atoms with Crippen molar-refractivity contribution in [3.63, 3.8) is 0 Å². The van der Waals surface area contributed by atoms with Gasteiger partial charge in [-0.15, -0.1) is 0 Å². The second-order valence-corrected chi connectivity index (χ2v) is 5.30. The predicted molar refractivity (Wildman–Crippen MR) is 78.7 cm³/mol. The molecule has 0 aromatic heterocycles. The van der Waals surface area contributed by atoms with Gasteiger partial charge in [0.2, 0.25) is 5.91 Å². The highest BCUT2D eigenvalue weighted by molar-refractivity contribution is 5.95. The van der Waals surface area contributed by atoms with Crippen molar-refractivity contribution in [2.45, 2.75) is 13.3 Å². The van der Waals surface area contributed by atoms with Gasteiger partial charge in [0.15, 0.2) is 0 Å². The van der Waals surface area contributed by atoms with Gasteiger partial charge in [0.25, 0.3) is 0 Å². The zero-order valence-corrected chi connectivity index (χ0v) is 12.0. The molecule has 1 heterocycles. The van der Waals surface area contributed by atoms with Gasteiger partial charge < -0.3 is 10.2 Å². The number of nitrogens with one attached hydrogen (secondary N) is 1. The van der Waals surface area contributed by atoms with Gasteiger partial charge in [-0.05, 0) is 44.5 Å². The topological polar surface area (TPSA) is 32.3 Å². The Kier molecular flexibility index (Phi) is 4.90. The van der Waals surface area contributed by atoms with Gasteiger partial charge in [0, 0.05) is 24.7 Å². The fraction of sp³-hybridized carbons (Fsp3) is 0.438. The van der Waals surface area contributed by atoms with Gasteiger partial charge in [-0.2, -0.15) is 0 Å². The number of rotatable bonds is 4. The quantitative estimate of drug-likeness (QED) is 0.856. The zero-order valence-electron chi connectivity index (χ0n) is 12.0. The molecule has 1 N–H and O–H groups in total. The van der Waals surface area contributed by atoms with E-state index in [1.54, 1.807) is 31.2 Å². The molecule has 0 spiro atoms. The second kappa shape index (κ2) is 6.66. The van der Waals surface area contributed by atoms with Crippen molar-refractivity contribution in [1.29, 1.82) is 0 Å². The first-order valence-electron chi connectivity index (χ1n) is 6.98. The lowest BCUT2D eigenvalue weighted by atomic mass is 10.1. The van der Waals surface area contributed by atoms with E-state index in [-0.39, 0.29) is 11.7 Å². The first-order valence-corrected chi connectivity index (χ1v) is 6.98. The summed E-state index contributed by atoms with van der Waals surface area (Å²) in [5.41, 5.74) is 1.16. The molecule has 1 saturated heterocycles. The molecule has 3 nitrogen and oxygen atoms in total. The zero-order chi connectivity index (χ0) is 14.5. The summed E-state index contributed by atoms with van der Waals surface area (Å²) in [5.74, 6) is 0.207. The monoisotopic (exact) mass is 276 g/mol. The van der Waals surface area contributed by atoms with Crippen LogP contribution in [-0.4, -0.2) is 37.5 Å². The first-order chi connectivity index (χ1) is 9.61. The second-order valence-electron chi connectivity index (χ2n) is 5.30. The Bertz CT molecular complexity index is 513. The number of carbonyl (C=O) groups excluding carboxylic acids is 1. The Morgan fingerprint density at radius 3 is 2.95 bits per heavy atom. The summed E-state index contributed by atoms with van der Waals surface area (Å²) in [6, 6.07) is 6.54. The Morgan fingerprint density at radius 2 is 2.25 bits per heavy atom. The fourth-order valence-electron chi connectivity index (χ4n) is 2.62. The fourth-order valence-corrected chi connectivity index (χ4v) is 2.62. The number of nitrogens with zero attached hydrogens (tertiary/aromatic N) is 1. The maximum absolute atomic E-state index is 13.7. The van der Waals surface area contributed by atoms with Gasteiger partial charge in [0.05, 0.1) is 0 Å². The maximum Gasteiger partial charge on any atom is 0.246 e. The minimum absolute atomic E-state index is 0.0237. The summed E-state index contributed by atoms with van der Waals surface area (Å²) in [4.78, 5) is 14.0. The van der Waals surface area contributed by atoms with Gasteiger partial charge in [-0.3, -0.25) is 4.79 Å². The van der Waals surface area contributed by atoms with Crippen LogP contribution < -0.4 is 5.32 Å². The third-order valence-corrected chi connectivity index (χ3v) is 3.73. The van der Waals surface area contributed by atoms with Crippen molar-refractivity contribution in [2.24, 2.45) is 5.92 Å². The van der Waals surface area contributed by atoms with Crippen LogP contribution in [0.25, 0.3) is 5.57 Å². The molecule has 4 heteroatoms. The highest BCUT2D eigenvalue weighted by Gasteiger charge is 2.24. The van der Waals surface area contributed by atoms with Crippen molar-refractivity contribution in [1.82, 2.24) is 10.2 Å². The van der Waals surface area contributed by atoms with E-state index in [2.05, 4.69) is 5.32 Å². The van der Waals surface area contributed by atoms with Gasteiger partial charge in [0.1, 0.15) is 5.82 Å². The minimum atomic E-state index is -0.288. The average molecular weight is 276 g/mol. The summed E-state index contributed by atoms with van der Waals surface area (Å²) in [5, 5.41) is 3.14. The molecule has 108 valence electrons. The van der Waals surface area contributed by atoms with Crippen molar-refractivity contribution in [2.75, 3.05) is 26.7 Å². The number of hydrogen-bond donors (Lipinski definition) is 1. The van der Waals surface area contributed by atoms with Crippen molar-refractivity contribution < 1.29 is 9.18 Å². The van der Waals surface area contributed by atoms with E-state index in [9.17, 15) is 9.18 Å². The molecule has 1 fully saturated rings. The minimum Gasteiger partial charge on any atom is -0.339 e. The summed E-state index contributed by atoms with van der Waals surface area (Å²) < 4.78 is 13.7. The molecule has 1 unspecified atom stereocenters. The molecule has 1 aromatic rings. The molecule has 1 amide bonds. The van der Waals surface area contributed by atoms with Crippen LogP contribution in [0.2, 0.25) is 0 Å². The normalized spacial score (nSPS) is 19.4. The lowest BCUT2D eigenvalue weighted by Crippen LogP contribution is -2.29. The molecule has 1 aromatic carbocycles. The molecule has 0 saturated carbocycles. The van der Waals surface area contributed by atoms with Crippen LogP contribution in [-0.2, 0) is 4.79 Å². The van der Waals surface area contributed by atoms with Crippen molar-refractivity contribution in [3.8, 4) is 0 Å². The number of carbonyl (C=O) groups is 1. The third-order valence-electron chi connectivity index (χ3n) is 3.73. The van der Waals surface area contributed by atoms with Crippen molar-refractivity contribution in [3.05, 3.63) is 41.7 Å². The SMILES string of the molecule is CNCC1CCN(C(=O)C=C(C)c2ccccc2F)C1. The van der Waals surface area contributed by atoms with Crippen LogP contribution >= 0.6 is 0 Å². The Balaban J connectivity index is 2.04. The van der Waals surface area contributed by atoms with E-state index in [1.807, 2.05) is 11.9 Å².